The largest absolute Gasteiger partial charge is 0.496 e. The van der Waals surface area contributed by atoms with Crippen LogP contribution in [0.4, 0.5) is 0 Å². The van der Waals surface area contributed by atoms with Gasteiger partial charge in [0.1, 0.15) is 5.75 Å². The van der Waals surface area contributed by atoms with E-state index in [4.69, 9.17) is 4.74 Å². The van der Waals surface area contributed by atoms with Crippen LogP contribution in [0.2, 0.25) is 0 Å². The van der Waals surface area contributed by atoms with E-state index in [2.05, 4.69) is 89.9 Å². The molecular formula is C35H58N2O. The van der Waals surface area contributed by atoms with Gasteiger partial charge in [-0.15, -0.1) is 0 Å². The lowest BCUT2D eigenvalue weighted by atomic mass is 9.72. The van der Waals surface area contributed by atoms with Gasteiger partial charge in [0.25, 0.3) is 0 Å². The number of hydrogen-bond donors (Lipinski definition) is 0. The number of ether oxygens (including phenoxy) is 1. The minimum Gasteiger partial charge on any atom is -0.496 e. The van der Waals surface area contributed by atoms with Crippen LogP contribution in [0.1, 0.15) is 117 Å². The second-order valence-corrected chi connectivity index (χ2v) is 10.8. The Morgan fingerprint density at radius 2 is 1.53 bits per heavy atom. The van der Waals surface area contributed by atoms with Crippen molar-refractivity contribution < 1.29 is 4.74 Å². The van der Waals surface area contributed by atoms with Gasteiger partial charge in [0.15, 0.2) is 0 Å². The van der Waals surface area contributed by atoms with Crippen molar-refractivity contribution in [3.8, 4) is 5.75 Å². The fourth-order valence-corrected chi connectivity index (χ4v) is 5.79. The lowest BCUT2D eigenvalue weighted by Gasteiger charge is -2.42. The van der Waals surface area contributed by atoms with Gasteiger partial charge < -0.3 is 9.64 Å². The first-order chi connectivity index (χ1) is 18.2. The summed E-state index contributed by atoms with van der Waals surface area (Å²) in [4.78, 5) is 4.72. The normalized spacial score (nSPS) is 17.2. The highest BCUT2D eigenvalue weighted by atomic mass is 16.5. The first-order valence-corrected chi connectivity index (χ1v) is 15.1. The van der Waals surface area contributed by atoms with Gasteiger partial charge in [-0.25, -0.2) is 0 Å². The summed E-state index contributed by atoms with van der Waals surface area (Å²) < 4.78 is 5.94. The zero-order chi connectivity index (χ0) is 28.9. The molecule has 0 radical (unpaired) electrons. The molecule has 0 saturated carbocycles. The molecule has 0 atom stereocenters. The fraction of sp³-hybridized carbons (Fsp3) is 0.600. The predicted octanol–water partition coefficient (Wildman–Crippen LogP) is 10.1. The van der Waals surface area contributed by atoms with E-state index in [1.165, 1.54) is 91.4 Å². The van der Waals surface area contributed by atoms with Gasteiger partial charge in [-0.1, -0.05) is 80.0 Å². The van der Waals surface area contributed by atoms with E-state index in [0.717, 1.165) is 18.0 Å². The van der Waals surface area contributed by atoms with Gasteiger partial charge in [-0.3, -0.25) is 4.90 Å². The molecule has 214 valence electrons. The lowest BCUT2D eigenvalue weighted by molar-refractivity contribution is 0.0804. The van der Waals surface area contributed by atoms with Crippen molar-refractivity contribution in [2.24, 2.45) is 5.41 Å². The molecule has 1 fully saturated rings. The summed E-state index contributed by atoms with van der Waals surface area (Å²) >= 11 is 0. The average molecular weight is 523 g/mol. The van der Waals surface area contributed by atoms with Gasteiger partial charge in [0.2, 0.25) is 0 Å². The topological polar surface area (TPSA) is 15.7 Å². The molecule has 0 aliphatic carbocycles. The molecular weight excluding hydrogens is 464 g/mol. The van der Waals surface area contributed by atoms with E-state index in [1.54, 1.807) is 7.11 Å². The Morgan fingerprint density at radius 1 is 0.974 bits per heavy atom. The summed E-state index contributed by atoms with van der Waals surface area (Å²) in [5, 5.41) is 0. The highest BCUT2D eigenvalue weighted by Crippen LogP contribution is 2.42. The average Bonchev–Trinajstić information content (AvgIpc) is 2.92. The number of rotatable bonds is 9. The van der Waals surface area contributed by atoms with Crippen molar-refractivity contribution in [2.75, 3.05) is 27.2 Å². The Morgan fingerprint density at radius 3 is 2.00 bits per heavy atom. The van der Waals surface area contributed by atoms with E-state index in [1.807, 2.05) is 19.9 Å². The first kappa shape index (κ1) is 33.8. The number of benzene rings is 1. The molecule has 0 unspecified atom stereocenters. The molecule has 0 spiro atoms. The maximum Gasteiger partial charge on any atom is 0.124 e. The number of piperidine rings is 1. The molecule has 38 heavy (non-hydrogen) atoms. The van der Waals surface area contributed by atoms with Crippen molar-refractivity contribution in [1.82, 2.24) is 9.80 Å². The number of methoxy groups -OCH3 is 1. The van der Waals surface area contributed by atoms with Crippen molar-refractivity contribution in [3.63, 3.8) is 0 Å². The molecule has 0 bridgehead atoms. The van der Waals surface area contributed by atoms with Crippen molar-refractivity contribution in [2.45, 2.75) is 107 Å². The van der Waals surface area contributed by atoms with Crippen LogP contribution in [0.5, 0.6) is 5.75 Å². The zero-order valence-electron chi connectivity index (χ0n) is 26.6. The standard InChI is InChI=1S/C30H44N2O.C3H8.C2H6/c1-9-12-30(13-10-2)14-16-32(17-15-30)21-28-25(11-3)18-26(19-29(28)33-8)27-20-31(7)24(6)22(4)23(27)5;1-3-2;1-2/h11,18-20H,3,6,9-10,12-17,21H2,1-2,4-5,7-8H3;3H2,1-2H3;1-2H3. The SMILES string of the molecule is C=Cc1cc(C2=CN(C)C(=C)C(C)=C2C)cc(OC)c1CN1CCC(CCC)(CCC)CC1.CC.CCC. The van der Waals surface area contributed by atoms with Crippen LogP contribution in [0.25, 0.3) is 11.6 Å². The molecule has 1 saturated heterocycles. The van der Waals surface area contributed by atoms with Crippen LogP contribution in [0.15, 0.2) is 48.3 Å². The highest BCUT2D eigenvalue weighted by molar-refractivity contribution is 5.83. The third-order valence-corrected chi connectivity index (χ3v) is 8.00. The van der Waals surface area contributed by atoms with Crippen molar-refractivity contribution >= 4 is 11.6 Å². The molecule has 3 nitrogen and oxygen atoms in total. The van der Waals surface area contributed by atoms with Crippen LogP contribution in [-0.4, -0.2) is 37.0 Å². The minimum absolute atomic E-state index is 0.556. The van der Waals surface area contributed by atoms with Gasteiger partial charge in [0.05, 0.1) is 7.11 Å². The van der Waals surface area contributed by atoms with Crippen LogP contribution in [0, 0.1) is 5.41 Å². The molecule has 0 N–H and O–H groups in total. The maximum absolute atomic E-state index is 5.94. The summed E-state index contributed by atoms with van der Waals surface area (Å²) in [6, 6.07) is 4.48. The zero-order valence-corrected chi connectivity index (χ0v) is 26.6. The molecule has 0 aromatic heterocycles. The number of nitrogens with zero attached hydrogens (tertiary/aromatic N) is 2. The summed E-state index contributed by atoms with van der Waals surface area (Å²) in [7, 11) is 3.85. The molecule has 1 aromatic carbocycles. The highest BCUT2D eigenvalue weighted by Gasteiger charge is 2.33. The molecule has 2 heterocycles. The summed E-state index contributed by atoms with van der Waals surface area (Å²) in [6.45, 7) is 28.9. The van der Waals surface area contributed by atoms with E-state index in [-0.39, 0.29) is 0 Å². The molecule has 1 aromatic rings. The number of hydrogen-bond acceptors (Lipinski definition) is 3. The van der Waals surface area contributed by atoms with Crippen LogP contribution < -0.4 is 4.74 Å². The van der Waals surface area contributed by atoms with Crippen molar-refractivity contribution in [1.29, 1.82) is 0 Å². The van der Waals surface area contributed by atoms with E-state index < -0.39 is 0 Å². The van der Waals surface area contributed by atoms with E-state index in [9.17, 15) is 0 Å². The van der Waals surface area contributed by atoms with Gasteiger partial charge in [-0.2, -0.15) is 0 Å². The Balaban J connectivity index is 0.00000135. The predicted molar refractivity (Wildman–Crippen MR) is 170 cm³/mol. The van der Waals surface area contributed by atoms with E-state index in [0.29, 0.717) is 5.41 Å². The molecule has 2 aliphatic rings. The fourth-order valence-electron chi connectivity index (χ4n) is 5.79. The van der Waals surface area contributed by atoms with Gasteiger partial charge in [-0.05, 0) is 92.4 Å². The second kappa shape index (κ2) is 16.6. The molecule has 0 amide bonds. The lowest BCUT2D eigenvalue weighted by Crippen LogP contribution is -2.39. The third kappa shape index (κ3) is 8.37. The Bertz CT molecular complexity index is 952. The number of allylic oxidation sites excluding steroid dienone is 3. The van der Waals surface area contributed by atoms with Gasteiger partial charge >= 0.3 is 0 Å². The second-order valence-electron chi connectivity index (χ2n) is 10.8. The Kier molecular flexibility index (Phi) is 14.8. The Hall–Kier alpha value is -2.26. The molecule has 3 rings (SSSR count). The van der Waals surface area contributed by atoms with Crippen molar-refractivity contribution in [3.05, 3.63) is 65.0 Å². The minimum atomic E-state index is 0.556. The first-order valence-electron chi connectivity index (χ1n) is 15.1. The smallest absolute Gasteiger partial charge is 0.124 e. The number of likely N-dealkylation sites (N-methyl/N-ethyl adjacent to an activating group) is 1. The summed E-state index contributed by atoms with van der Waals surface area (Å²) in [5.41, 5.74) is 8.92. The maximum atomic E-state index is 5.94. The molecule has 2 aliphatic heterocycles. The third-order valence-electron chi connectivity index (χ3n) is 8.00. The van der Waals surface area contributed by atoms with E-state index >= 15 is 0 Å². The van der Waals surface area contributed by atoms with Crippen LogP contribution in [-0.2, 0) is 6.54 Å². The monoisotopic (exact) mass is 522 g/mol. The summed E-state index contributed by atoms with van der Waals surface area (Å²) in [6.07, 6.45) is 13.4. The Labute approximate surface area is 236 Å². The summed E-state index contributed by atoms with van der Waals surface area (Å²) in [5.74, 6) is 0.958. The quantitative estimate of drug-likeness (QED) is 0.321. The van der Waals surface area contributed by atoms with Crippen LogP contribution in [0.3, 0.4) is 0 Å². The van der Waals surface area contributed by atoms with Gasteiger partial charge in [0, 0.05) is 36.6 Å². The number of likely N-dealkylation sites (tertiary alicyclic amines) is 1. The van der Waals surface area contributed by atoms with Crippen LogP contribution >= 0.6 is 0 Å². The molecule has 3 heteroatoms.